The van der Waals surface area contributed by atoms with Crippen LogP contribution in [0.15, 0.2) is 18.2 Å². The summed E-state index contributed by atoms with van der Waals surface area (Å²) >= 11 is 0. The fourth-order valence-electron chi connectivity index (χ4n) is 2.78. The molecule has 1 fully saturated rings. The minimum Gasteiger partial charge on any atom is -0.379 e. The number of halogens is 2. The van der Waals surface area contributed by atoms with Gasteiger partial charge in [-0.05, 0) is 44.1 Å². The Labute approximate surface area is 129 Å². The minimum atomic E-state index is -1.40. The Bertz CT molecular complexity index is 553. The number of hydrogen-bond acceptors (Lipinski definition) is 3. The second kappa shape index (κ2) is 6.71. The van der Waals surface area contributed by atoms with Crippen LogP contribution in [-0.4, -0.2) is 53.1 Å². The molecule has 1 N–H and O–H groups in total. The number of nitrogens with zero attached hydrogens (tertiary/aromatic N) is 2. The molecule has 4 nitrogen and oxygen atoms in total. The molecule has 1 amide bonds. The molecule has 1 aliphatic heterocycles. The molecule has 0 aliphatic carbocycles. The molecule has 1 aromatic rings. The number of likely N-dealkylation sites (N-methyl/N-ethyl adjacent to an activating group) is 1. The summed E-state index contributed by atoms with van der Waals surface area (Å²) in [7, 11) is 1.85. The molecular weight excluding hydrogens is 290 g/mol. The predicted molar refractivity (Wildman–Crippen MR) is 79.1 cm³/mol. The van der Waals surface area contributed by atoms with Crippen LogP contribution in [0, 0.1) is 11.6 Å². The van der Waals surface area contributed by atoms with Gasteiger partial charge < -0.3 is 14.9 Å². The molecule has 122 valence electrons. The highest BCUT2D eigenvalue weighted by Gasteiger charge is 2.42. The van der Waals surface area contributed by atoms with Crippen molar-refractivity contribution < 1.29 is 18.7 Å². The molecule has 1 saturated heterocycles. The van der Waals surface area contributed by atoms with Gasteiger partial charge in [0.1, 0.15) is 0 Å². The molecule has 1 heterocycles. The lowest BCUT2D eigenvalue weighted by Gasteiger charge is -2.40. The zero-order valence-corrected chi connectivity index (χ0v) is 13.0. The van der Waals surface area contributed by atoms with Crippen molar-refractivity contribution in [3.8, 4) is 0 Å². The van der Waals surface area contributed by atoms with Crippen LogP contribution in [-0.2, 0) is 11.3 Å². The highest BCUT2D eigenvalue weighted by molar-refractivity contribution is 5.86. The first-order chi connectivity index (χ1) is 10.4. The molecule has 1 aliphatic rings. The van der Waals surface area contributed by atoms with Crippen LogP contribution < -0.4 is 0 Å². The van der Waals surface area contributed by atoms with Gasteiger partial charge in [0.2, 0.25) is 0 Å². The maximum Gasteiger partial charge on any atom is 0.256 e. The van der Waals surface area contributed by atoms with Crippen LogP contribution in [0.4, 0.5) is 8.78 Å². The molecule has 2 rings (SSSR count). The van der Waals surface area contributed by atoms with Crippen molar-refractivity contribution in [2.24, 2.45) is 0 Å². The summed E-state index contributed by atoms with van der Waals surface area (Å²) < 4.78 is 26.2. The second-order valence-corrected chi connectivity index (χ2v) is 5.94. The van der Waals surface area contributed by atoms with Crippen LogP contribution in [0.2, 0.25) is 0 Å². The number of piperidine rings is 1. The lowest BCUT2D eigenvalue weighted by molar-refractivity contribution is -0.159. The summed E-state index contributed by atoms with van der Waals surface area (Å²) in [5.41, 5.74) is -0.887. The van der Waals surface area contributed by atoms with Gasteiger partial charge in [0.05, 0.1) is 0 Å². The third-order valence-corrected chi connectivity index (χ3v) is 4.13. The molecule has 22 heavy (non-hydrogen) atoms. The van der Waals surface area contributed by atoms with Gasteiger partial charge in [-0.15, -0.1) is 0 Å². The SMILES string of the molecule is CCN(C)C[C@@]1(O)CCCN(Cc2ccc(F)c(F)c2)C1=O. The van der Waals surface area contributed by atoms with Crippen LogP contribution in [0.5, 0.6) is 0 Å². The molecule has 0 saturated carbocycles. The van der Waals surface area contributed by atoms with E-state index in [0.29, 0.717) is 24.9 Å². The maximum atomic E-state index is 13.3. The Morgan fingerprint density at radius 3 is 2.73 bits per heavy atom. The van der Waals surface area contributed by atoms with E-state index in [1.807, 2.05) is 18.9 Å². The smallest absolute Gasteiger partial charge is 0.256 e. The summed E-state index contributed by atoms with van der Waals surface area (Å²) in [5, 5.41) is 10.6. The highest BCUT2D eigenvalue weighted by atomic mass is 19.2. The third kappa shape index (κ3) is 3.62. The minimum absolute atomic E-state index is 0.175. The number of carbonyl (C=O) groups excluding carboxylic acids is 1. The fourth-order valence-corrected chi connectivity index (χ4v) is 2.78. The topological polar surface area (TPSA) is 43.8 Å². The first-order valence-corrected chi connectivity index (χ1v) is 7.50. The summed E-state index contributed by atoms with van der Waals surface area (Å²) in [6.45, 7) is 3.65. The summed E-state index contributed by atoms with van der Waals surface area (Å²) in [6, 6.07) is 3.60. The van der Waals surface area contributed by atoms with E-state index in [1.54, 1.807) is 0 Å². The third-order valence-electron chi connectivity index (χ3n) is 4.13. The van der Waals surface area contributed by atoms with E-state index >= 15 is 0 Å². The first kappa shape index (κ1) is 16.8. The van der Waals surface area contributed by atoms with E-state index in [9.17, 15) is 18.7 Å². The molecule has 1 aromatic carbocycles. The van der Waals surface area contributed by atoms with E-state index in [0.717, 1.165) is 18.7 Å². The Morgan fingerprint density at radius 1 is 1.36 bits per heavy atom. The quantitative estimate of drug-likeness (QED) is 0.901. The monoisotopic (exact) mass is 312 g/mol. The molecule has 0 radical (unpaired) electrons. The molecular formula is C16H22F2N2O2. The molecule has 1 atom stereocenters. The van der Waals surface area contributed by atoms with E-state index in [-0.39, 0.29) is 19.0 Å². The second-order valence-electron chi connectivity index (χ2n) is 5.94. The van der Waals surface area contributed by atoms with Crippen molar-refractivity contribution in [1.29, 1.82) is 0 Å². The molecule has 0 unspecified atom stereocenters. The summed E-state index contributed by atoms with van der Waals surface area (Å²) in [4.78, 5) is 15.9. The summed E-state index contributed by atoms with van der Waals surface area (Å²) in [5.74, 6) is -2.18. The van der Waals surface area contributed by atoms with Gasteiger partial charge in [-0.1, -0.05) is 13.0 Å². The van der Waals surface area contributed by atoms with Crippen LogP contribution >= 0.6 is 0 Å². The number of hydrogen-bond donors (Lipinski definition) is 1. The number of benzene rings is 1. The normalized spacial score (nSPS) is 22.5. The molecule has 0 bridgehead atoms. The van der Waals surface area contributed by atoms with Gasteiger partial charge >= 0.3 is 0 Å². The van der Waals surface area contributed by atoms with Gasteiger partial charge in [-0.3, -0.25) is 4.79 Å². The van der Waals surface area contributed by atoms with Crippen LogP contribution in [0.3, 0.4) is 0 Å². The summed E-state index contributed by atoms with van der Waals surface area (Å²) in [6.07, 6.45) is 1.11. The van der Waals surface area contributed by atoms with Crippen molar-refractivity contribution in [2.75, 3.05) is 26.7 Å². The van der Waals surface area contributed by atoms with Crippen molar-refractivity contribution in [3.63, 3.8) is 0 Å². The average Bonchev–Trinajstić information content (AvgIpc) is 2.48. The van der Waals surface area contributed by atoms with Gasteiger partial charge in [0.15, 0.2) is 17.2 Å². The van der Waals surface area contributed by atoms with Crippen molar-refractivity contribution >= 4 is 5.91 Å². The van der Waals surface area contributed by atoms with E-state index in [2.05, 4.69) is 0 Å². The zero-order chi connectivity index (χ0) is 16.3. The number of likely N-dealkylation sites (tertiary alicyclic amines) is 1. The number of carbonyl (C=O) groups is 1. The van der Waals surface area contributed by atoms with E-state index in [4.69, 9.17) is 0 Å². The highest BCUT2D eigenvalue weighted by Crippen LogP contribution is 2.25. The van der Waals surface area contributed by atoms with Crippen molar-refractivity contribution in [2.45, 2.75) is 31.9 Å². The van der Waals surface area contributed by atoms with Gasteiger partial charge in [0, 0.05) is 19.6 Å². The Balaban J connectivity index is 2.11. The largest absolute Gasteiger partial charge is 0.379 e. The molecule has 0 aromatic heterocycles. The first-order valence-electron chi connectivity index (χ1n) is 7.50. The van der Waals surface area contributed by atoms with Crippen molar-refractivity contribution in [1.82, 2.24) is 9.80 Å². The molecule has 6 heteroatoms. The number of amides is 1. The van der Waals surface area contributed by atoms with Crippen LogP contribution in [0.1, 0.15) is 25.3 Å². The van der Waals surface area contributed by atoms with Gasteiger partial charge in [0.25, 0.3) is 5.91 Å². The predicted octanol–water partition coefficient (Wildman–Crippen LogP) is 1.77. The number of aliphatic hydroxyl groups is 1. The fraction of sp³-hybridized carbons (Fsp3) is 0.562. The molecule has 0 spiro atoms. The Morgan fingerprint density at radius 2 is 2.09 bits per heavy atom. The van der Waals surface area contributed by atoms with E-state index in [1.165, 1.54) is 11.0 Å². The zero-order valence-electron chi connectivity index (χ0n) is 13.0. The Hall–Kier alpha value is -1.53. The van der Waals surface area contributed by atoms with Gasteiger partial charge in [-0.25, -0.2) is 8.78 Å². The van der Waals surface area contributed by atoms with E-state index < -0.39 is 17.2 Å². The van der Waals surface area contributed by atoms with Crippen molar-refractivity contribution in [3.05, 3.63) is 35.4 Å². The van der Waals surface area contributed by atoms with Crippen LogP contribution in [0.25, 0.3) is 0 Å². The lowest BCUT2D eigenvalue weighted by atomic mass is 9.91. The average molecular weight is 312 g/mol. The number of rotatable bonds is 5. The standard InChI is InChI=1S/C16H22F2N2O2/c1-3-19(2)11-16(22)7-4-8-20(15(16)21)10-12-5-6-13(17)14(18)9-12/h5-6,9,22H,3-4,7-8,10-11H2,1-2H3/t16-/m0/s1. The van der Waals surface area contributed by atoms with Gasteiger partial charge in [-0.2, -0.15) is 0 Å². The lowest BCUT2D eigenvalue weighted by Crippen LogP contribution is -2.57. The maximum absolute atomic E-state index is 13.3. The Kier molecular flexibility index (Phi) is 5.13.